The van der Waals surface area contributed by atoms with Crippen LogP contribution >= 0.6 is 11.3 Å². The maximum absolute atomic E-state index is 12.6. The lowest BCUT2D eigenvalue weighted by Gasteiger charge is -2.15. The molecule has 9 heteroatoms. The Kier molecular flexibility index (Phi) is 4.53. The Morgan fingerprint density at radius 1 is 1.36 bits per heavy atom. The van der Waals surface area contributed by atoms with Crippen molar-refractivity contribution in [1.29, 1.82) is 5.26 Å². The van der Waals surface area contributed by atoms with Gasteiger partial charge in [0.25, 0.3) is 0 Å². The van der Waals surface area contributed by atoms with Crippen molar-refractivity contribution < 1.29 is 13.2 Å². The predicted molar refractivity (Wildman–Crippen MR) is 95.6 cm³/mol. The van der Waals surface area contributed by atoms with Crippen LogP contribution in [0.1, 0.15) is 26.7 Å². The van der Waals surface area contributed by atoms with Crippen LogP contribution in [0.2, 0.25) is 0 Å². The highest BCUT2D eigenvalue weighted by molar-refractivity contribution is 7.89. The highest BCUT2D eigenvalue weighted by Crippen LogP contribution is 2.31. The number of anilines is 1. The first kappa shape index (κ1) is 17.8. The third kappa shape index (κ3) is 3.38. The molecule has 7 nitrogen and oxygen atoms in total. The topological polar surface area (TPSA) is 103 Å². The van der Waals surface area contributed by atoms with Gasteiger partial charge in [0.2, 0.25) is 15.9 Å². The lowest BCUT2D eigenvalue weighted by atomic mass is 9.95. The van der Waals surface area contributed by atoms with E-state index in [0.29, 0.717) is 28.4 Å². The molecule has 0 spiro atoms. The van der Waals surface area contributed by atoms with E-state index in [4.69, 9.17) is 5.26 Å². The van der Waals surface area contributed by atoms with Crippen LogP contribution in [0.25, 0.3) is 10.2 Å². The fraction of sp³-hybridized carbons (Fsp3) is 0.438. The first-order valence-electron chi connectivity index (χ1n) is 7.87. The first-order valence-corrected chi connectivity index (χ1v) is 10.1. The number of nitriles is 1. The van der Waals surface area contributed by atoms with Gasteiger partial charge in [0.15, 0.2) is 5.13 Å². The van der Waals surface area contributed by atoms with Gasteiger partial charge >= 0.3 is 0 Å². The Bertz CT molecular complexity index is 967. The summed E-state index contributed by atoms with van der Waals surface area (Å²) in [5.41, 5.74) is -0.558. The van der Waals surface area contributed by atoms with Gasteiger partial charge in [0, 0.05) is 13.1 Å². The first-order chi connectivity index (χ1) is 11.7. The molecule has 25 heavy (non-hydrogen) atoms. The van der Waals surface area contributed by atoms with Gasteiger partial charge in [-0.25, -0.2) is 13.4 Å². The molecule has 0 bridgehead atoms. The van der Waals surface area contributed by atoms with Crippen LogP contribution in [0.4, 0.5) is 5.13 Å². The molecule has 1 saturated heterocycles. The average Bonchev–Trinajstić information content (AvgIpc) is 3.23. The summed E-state index contributed by atoms with van der Waals surface area (Å²) in [6.07, 6.45) is 1.76. The van der Waals surface area contributed by atoms with Crippen LogP contribution in [0.3, 0.4) is 0 Å². The number of hydrogen-bond donors (Lipinski definition) is 1. The van der Waals surface area contributed by atoms with Gasteiger partial charge in [0.05, 0.1) is 21.2 Å². The number of carbonyl (C=O) groups is 1. The summed E-state index contributed by atoms with van der Waals surface area (Å²) in [6.45, 7) is 4.15. The van der Waals surface area contributed by atoms with E-state index >= 15 is 0 Å². The molecule has 0 radical (unpaired) electrons. The molecular formula is C16H18N4O3S2. The van der Waals surface area contributed by atoms with Gasteiger partial charge in [-0.1, -0.05) is 11.3 Å². The van der Waals surface area contributed by atoms with Gasteiger partial charge in [-0.2, -0.15) is 9.57 Å². The summed E-state index contributed by atoms with van der Waals surface area (Å²) in [6, 6.07) is 6.71. The molecule has 0 unspecified atom stereocenters. The molecule has 2 heterocycles. The van der Waals surface area contributed by atoms with Gasteiger partial charge in [-0.05, 0) is 44.9 Å². The van der Waals surface area contributed by atoms with E-state index in [0.717, 1.165) is 12.8 Å². The molecule has 1 aromatic carbocycles. The number of thiazole rings is 1. The summed E-state index contributed by atoms with van der Waals surface area (Å²) in [4.78, 5) is 16.6. The Morgan fingerprint density at radius 3 is 2.68 bits per heavy atom. The minimum Gasteiger partial charge on any atom is -0.301 e. The molecule has 0 aliphatic carbocycles. The number of aromatic nitrogens is 1. The normalized spacial score (nSPS) is 16.0. The number of rotatable bonds is 4. The van der Waals surface area contributed by atoms with Crippen LogP contribution in [0, 0.1) is 16.7 Å². The molecule has 3 rings (SSSR count). The van der Waals surface area contributed by atoms with Crippen molar-refractivity contribution in [2.75, 3.05) is 18.4 Å². The van der Waals surface area contributed by atoms with E-state index in [1.54, 1.807) is 18.2 Å². The fourth-order valence-electron chi connectivity index (χ4n) is 2.50. The Labute approximate surface area is 150 Å². The summed E-state index contributed by atoms with van der Waals surface area (Å²) in [5.74, 6) is -0.445. The number of fused-ring (bicyclic) bond motifs is 1. The average molecular weight is 378 g/mol. The Morgan fingerprint density at radius 2 is 2.04 bits per heavy atom. The molecule has 1 aromatic heterocycles. The van der Waals surface area contributed by atoms with Crippen LogP contribution in [0.5, 0.6) is 0 Å². The van der Waals surface area contributed by atoms with Crippen molar-refractivity contribution in [3.05, 3.63) is 18.2 Å². The summed E-state index contributed by atoms with van der Waals surface area (Å²) < 4.78 is 27.4. The second-order valence-corrected chi connectivity index (χ2v) is 9.42. The smallest absolute Gasteiger partial charge is 0.246 e. The number of carbonyl (C=O) groups excluding carboxylic acids is 1. The summed E-state index contributed by atoms with van der Waals surface area (Å²) >= 11 is 1.19. The molecule has 0 saturated carbocycles. The van der Waals surface area contributed by atoms with Crippen molar-refractivity contribution in [1.82, 2.24) is 9.29 Å². The standard InChI is InChI=1S/C16H18N4O3S2/c1-16(2,10-17)14(21)19-15-18-12-6-5-11(9-13(12)24-15)25(22,23)20-7-3-4-8-20/h5-6,9H,3-4,7-8H2,1-2H3,(H,18,19,21). The van der Waals surface area contributed by atoms with Crippen molar-refractivity contribution in [2.45, 2.75) is 31.6 Å². The van der Waals surface area contributed by atoms with Crippen LogP contribution in [0.15, 0.2) is 23.1 Å². The zero-order chi connectivity index (χ0) is 18.2. The van der Waals surface area contributed by atoms with Crippen LogP contribution < -0.4 is 5.32 Å². The van der Waals surface area contributed by atoms with Crippen LogP contribution in [-0.2, 0) is 14.8 Å². The van der Waals surface area contributed by atoms with Crippen molar-refractivity contribution in [3.8, 4) is 6.07 Å². The minimum absolute atomic E-state index is 0.237. The zero-order valence-electron chi connectivity index (χ0n) is 13.9. The Hall–Kier alpha value is -2.02. The van der Waals surface area contributed by atoms with E-state index in [2.05, 4.69) is 10.3 Å². The lowest BCUT2D eigenvalue weighted by Crippen LogP contribution is -2.29. The molecule has 1 fully saturated rings. The third-order valence-electron chi connectivity index (χ3n) is 4.13. The molecule has 1 N–H and O–H groups in total. The number of amides is 1. The SMILES string of the molecule is CC(C)(C#N)C(=O)Nc1nc2ccc(S(=O)(=O)N3CCCC3)cc2s1. The highest BCUT2D eigenvalue weighted by Gasteiger charge is 2.29. The molecule has 2 aromatic rings. The predicted octanol–water partition coefficient (Wildman–Crippen LogP) is 2.57. The fourth-order valence-corrected chi connectivity index (χ4v) is 5.02. The number of benzene rings is 1. The maximum atomic E-state index is 12.6. The highest BCUT2D eigenvalue weighted by atomic mass is 32.2. The quantitative estimate of drug-likeness (QED) is 0.881. The largest absolute Gasteiger partial charge is 0.301 e. The van der Waals surface area contributed by atoms with Gasteiger partial charge in [-0.3, -0.25) is 4.79 Å². The van der Waals surface area contributed by atoms with Gasteiger partial charge in [0.1, 0.15) is 5.41 Å². The van der Waals surface area contributed by atoms with E-state index in [1.165, 1.54) is 29.5 Å². The lowest BCUT2D eigenvalue weighted by molar-refractivity contribution is -0.121. The molecular weight excluding hydrogens is 360 g/mol. The summed E-state index contributed by atoms with van der Waals surface area (Å²) in [5, 5.41) is 12.0. The van der Waals surface area contributed by atoms with E-state index in [1.807, 2.05) is 6.07 Å². The van der Waals surface area contributed by atoms with E-state index in [-0.39, 0.29) is 4.90 Å². The van der Waals surface area contributed by atoms with Crippen molar-refractivity contribution in [2.24, 2.45) is 5.41 Å². The molecule has 1 aliphatic rings. The number of sulfonamides is 1. The van der Waals surface area contributed by atoms with Gasteiger partial charge < -0.3 is 5.32 Å². The molecule has 1 aliphatic heterocycles. The van der Waals surface area contributed by atoms with Crippen molar-refractivity contribution in [3.63, 3.8) is 0 Å². The number of hydrogen-bond acceptors (Lipinski definition) is 6. The molecule has 1 amide bonds. The number of nitrogens with one attached hydrogen (secondary N) is 1. The second-order valence-electron chi connectivity index (χ2n) is 6.45. The monoisotopic (exact) mass is 378 g/mol. The van der Waals surface area contributed by atoms with Crippen molar-refractivity contribution >= 4 is 42.6 Å². The van der Waals surface area contributed by atoms with E-state index < -0.39 is 21.3 Å². The molecule has 132 valence electrons. The maximum Gasteiger partial charge on any atom is 0.246 e. The van der Waals surface area contributed by atoms with E-state index in [9.17, 15) is 13.2 Å². The number of nitrogens with zero attached hydrogens (tertiary/aromatic N) is 3. The van der Waals surface area contributed by atoms with Crippen LogP contribution in [-0.4, -0.2) is 36.7 Å². The minimum atomic E-state index is -3.49. The Balaban J connectivity index is 1.90. The van der Waals surface area contributed by atoms with Gasteiger partial charge in [-0.15, -0.1) is 0 Å². The third-order valence-corrected chi connectivity index (χ3v) is 6.96. The molecule has 0 atom stereocenters. The summed E-state index contributed by atoms with van der Waals surface area (Å²) in [7, 11) is -3.49. The second kappa shape index (κ2) is 6.37. The zero-order valence-corrected chi connectivity index (χ0v) is 15.6.